The van der Waals surface area contributed by atoms with Crippen LogP contribution in [0.25, 0.3) is 0 Å². The summed E-state index contributed by atoms with van der Waals surface area (Å²) in [5.41, 5.74) is 0.386. The van der Waals surface area contributed by atoms with Crippen molar-refractivity contribution in [1.82, 2.24) is 10.3 Å². The number of hydrogen-bond donors (Lipinski definition) is 2. The number of hydrogen-bond acceptors (Lipinski definition) is 4. The molecule has 1 amide bonds. The number of rotatable bonds is 6. The fraction of sp³-hybridized carbons (Fsp3) is 0.455. The summed E-state index contributed by atoms with van der Waals surface area (Å²) in [6.45, 7) is 0.0687. The Morgan fingerprint density at radius 3 is 2.94 bits per heavy atom. The summed E-state index contributed by atoms with van der Waals surface area (Å²) in [5.74, 6) is 0.577. The lowest BCUT2D eigenvalue weighted by atomic mass is 10.2. The summed E-state index contributed by atoms with van der Waals surface area (Å²) in [7, 11) is 0. The Labute approximate surface area is 113 Å². The molecule has 0 aliphatic heterocycles. The molecule has 1 rings (SSSR count). The molecule has 6 heteroatoms. The van der Waals surface area contributed by atoms with Gasteiger partial charge < -0.3 is 10.4 Å². The minimum absolute atomic E-state index is 0.0204. The first-order chi connectivity index (χ1) is 8.17. The monoisotopic (exact) mass is 318 g/mol. The van der Waals surface area contributed by atoms with E-state index in [9.17, 15) is 4.79 Å². The molecule has 0 spiro atoms. The van der Waals surface area contributed by atoms with E-state index >= 15 is 0 Å². The van der Waals surface area contributed by atoms with Crippen LogP contribution < -0.4 is 5.32 Å². The van der Waals surface area contributed by atoms with Crippen LogP contribution in [0.3, 0.4) is 0 Å². The normalized spacial score (nSPS) is 12.2. The van der Waals surface area contributed by atoms with Crippen LogP contribution in [0.2, 0.25) is 0 Å². The molecular weight excluding hydrogens is 304 g/mol. The summed E-state index contributed by atoms with van der Waals surface area (Å²) in [4.78, 5) is 15.9. The van der Waals surface area contributed by atoms with E-state index in [1.165, 1.54) is 0 Å². The second kappa shape index (κ2) is 7.68. The molecule has 17 heavy (non-hydrogen) atoms. The number of carbonyl (C=O) groups excluding carboxylic acids is 1. The van der Waals surface area contributed by atoms with E-state index in [1.807, 2.05) is 6.26 Å². The van der Waals surface area contributed by atoms with Gasteiger partial charge in [-0.25, -0.2) is 4.98 Å². The second-order valence-electron chi connectivity index (χ2n) is 3.50. The van der Waals surface area contributed by atoms with Crippen molar-refractivity contribution in [2.45, 2.75) is 12.5 Å². The molecule has 0 radical (unpaired) electrons. The highest BCUT2D eigenvalue weighted by molar-refractivity contribution is 9.10. The van der Waals surface area contributed by atoms with E-state index in [2.05, 4.69) is 26.2 Å². The van der Waals surface area contributed by atoms with E-state index in [4.69, 9.17) is 5.11 Å². The molecule has 1 heterocycles. The fourth-order valence-electron chi connectivity index (χ4n) is 1.32. The van der Waals surface area contributed by atoms with Crippen molar-refractivity contribution >= 4 is 33.6 Å². The number of halogens is 1. The van der Waals surface area contributed by atoms with Gasteiger partial charge in [0, 0.05) is 29.1 Å². The lowest BCUT2D eigenvalue weighted by Gasteiger charge is -2.16. The molecule has 0 saturated carbocycles. The van der Waals surface area contributed by atoms with Crippen LogP contribution in [0.5, 0.6) is 0 Å². The Hall–Kier alpha value is -0.590. The number of amides is 1. The fourth-order valence-corrected chi connectivity index (χ4v) is 2.21. The highest BCUT2D eigenvalue weighted by Gasteiger charge is 2.13. The molecule has 0 aromatic carbocycles. The van der Waals surface area contributed by atoms with Crippen LogP contribution >= 0.6 is 27.7 Å². The third-order valence-corrected chi connectivity index (χ3v) is 3.35. The van der Waals surface area contributed by atoms with Gasteiger partial charge in [-0.1, -0.05) is 0 Å². The number of pyridine rings is 1. The maximum atomic E-state index is 11.8. The molecule has 1 aromatic rings. The zero-order valence-electron chi connectivity index (χ0n) is 9.52. The van der Waals surface area contributed by atoms with Crippen molar-refractivity contribution in [3.63, 3.8) is 0 Å². The van der Waals surface area contributed by atoms with Crippen molar-refractivity contribution in [2.75, 3.05) is 18.6 Å². The zero-order chi connectivity index (χ0) is 12.7. The summed E-state index contributed by atoms with van der Waals surface area (Å²) in [5, 5.41) is 11.8. The minimum atomic E-state index is -0.204. The zero-order valence-corrected chi connectivity index (χ0v) is 11.9. The number of carbonyl (C=O) groups is 1. The first-order valence-electron chi connectivity index (χ1n) is 5.19. The largest absolute Gasteiger partial charge is 0.396 e. The van der Waals surface area contributed by atoms with Crippen LogP contribution in [0.4, 0.5) is 0 Å². The predicted octanol–water partition coefficient (Wildman–Crippen LogP) is 1.69. The average molecular weight is 319 g/mol. The van der Waals surface area contributed by atoms with E-state index in [0.717, 1.165) is 10.2 Å². The Bertz CT molecular complexity index is 353. The highest BCUT2D eigenvalue weighted by Crippen LogP contribution is 2.08. The number of aliphatic hydroxyl groups is 1. The van der Waals surface area contributed by atoms with Gasteiger partial charge >= 0.3 is 0 Å². The Balaban J connectivity index is 2.60. The van der Waals surface area contributed by atoms with Crippen LogP contribution in [0.15, 0.2) is 22.8 Å². The van der Waals surface area contributed by atoms with E-state index in [1.54, 1.807) is 30.1 Å². The molecular formula is C11H15BrN2O2S. The van der Waals surface area contributed by atoms with Gasteiger partial charge in [0.05, 0.1) is 0 Å². The smallest absolute Gasteiger partial charge is 0.270 e. The number of nitrogens with one attached hydrogen (secondary N) is 1. The lowest BCUT2D eigenvalue weighted by molar-refractivity contribution is 0.0930. The number of nitrogens with zero attached hydrogens (tertiary/aromatic N) is 1. The summed E-state index contributed by atoms with van der Waals surface area (Å²) in [6.07, 6.45) is 4.11. The molecule has 94 valence electrons. The summed E-state index contributed by atoms with van der Waals surface area (Å²) < 4.78 is 0.838. The van der Waals surface area contributed by atoms with E-state index in [-0.39, 0.29) is 18.6 Å². The standard InChI is InChI=1S/C11H15BrN2O2S/c1-17-7-9(4-5-15)14-11(16)10-3-2-8(12)6-13-10/h2-3,6,9,15H,4-5,7H2,1H3,(H,14,16)/t9-/m0/s1. The van der Waals surface area contributed by atoms with Crippen molar-refractivity contribution in [3.8, 4) is 0 Å². The molecule has 4 nitrogen and oxygen atoms in total. The quantitative estimate of drug-likeness (QED) is 0.838. The van der Waals surface area contributed by atoms with Crippen molar-refractivity contribution in [1.29, 1.82) is 0 Å². The molecule has 1 atom stereocenters. The van der Waals surface area contributed by atoms with Crippen LogP contribution in [0.1, 0.15) is 16.9 Å². The van der Waals surface area contributed by atoms with Gasteiger partial charge in [0.25, 0.3) is 5.91 Å². The van der Waals surface area contributed by atoms with Crippen LogP contribution in [-0.2, 0) is 0 Å². The molecule has 0 aliphatic carbocycles. The van der Waals surface area contributed by atoms with Crippen LogP contribution in [-0.4, -0.2) is 40.7 Å². The molecule has 0 fully saturated rings. The molecule has 0 aliphatic rings. The van der Waals surface area contributed by atoms with E-state index < -0.39 is 0 Å². The molecule has 0 unspecified atom stereocenters. The first kappa shape index (κ1) is 14.5. The first-order valence-corrected chi connectivity index (χ1v) is 7.38. The molecule has 0 bridgehead atoms. The predicted molar refractivity (Wildman–Crippen MR) is 73.3 cm³/mol. The third-order valence-electron chi connectivity index (χ3n) is 2.14. The Kier molecular flexibility index (Phi) is 6.54. The molecule has 1 aromatic heterocycles. The van der Waals surface area contributed by atoms with Gasteiger partial charge in [0.1, 0.15) is 5.69 Å². The highest BCUT2D eigenvalue weighted by atomic mass is 79.9. The van der Waals surface area contributed by atoms with Gasteiger partial charge in [0.15, 0.2) is 0 Å². The lowest BCUT2D eigenvalue weighted by Crippen LogP contribution is -2.37. The van der Waals surface area contributed by atoms with Crippen LogP contribution in [0, 0.1) is 0 Å². The number of thioether (sulfide) groups is 1. The van der Waals surface area contributed by atoms with Gasteiger partial charge in [-0.3, -0.25) is 4.79 Å². The third kappa shape index (κ3) is 5.06. The summed E-state index contributed by atoms with van der Waals surface area (Å²) >= 11 is 4.90. The minimum Gasteiger partial charge on any atom is -0.396 e. The maximum absolute atomic E-state index is 11.8. The van der Waals surface area contributed by atoms with Gasteiger partial charge in [0.2, 0.25) is 0 Å². The number of aliphatic hydroxyl groups excluding tert-OH is 1. The van der Waals surface area contributed by atoms with Gasteiger partial charge in [-0.2, -0.15) is 11.8 Å². The van der Waals surface area contributed by atoms with Crippen molar-refractivity contribution < 1.29 is 9.90 Å². The maximum Gasteiger partial charge on any atom is 0.270 e. The van der Waals surface area contributed by atoms with Crippen molar-refractivity contribution in [3.05, 3.63) is 28.5 Å². The molecule has 0 saturated heterocycles. The van der Waals surface area contributed by atoms with Gasteiger partial charge in [-0.15, -0.1) is 0 Å². The second-order valence-corrected chi connectivity index (χ2v) is 5.33. The Morgan fingerprint density at radius 1 is 1.65 bits per heavy atom. The number of aromatic nitrogens is 1. The molecule has 2 N–H and O–H groups in total. The Morgan fingerprint density at radius 2 is 2.41 bits per heavy atom. The SMILES string of the molecule is CSC[C@H](CCO)NC(=O)c1ccc(Br)cn1. The van der Waals surface area contributed by atoms with Crippen molar-refractivity contribution in [2.24, 2.45) is 0 Å². The topological polar surface area (TPSA) is 62.2 Å². The summed E-state index contributed by atoms with van der Waals surface area (Å²) in [6, 6.07) is 3.42. The van der Waals surface area contributed by atoms with Gasteiger partial charge in [-0.05, 0) is 40.7 Å². The average Bonchev–Trinajstić information content (AvgIpc) is 2.30. The van der Waals surface area contributed by atoms with E-state index in [0.29, 0.717) is 12.1 Å².